The van der Waals surface area contributed by atoms with Crippen LogP contribution < -0.4 is 5.73 Å². The summed E-state index contributed by atoms with van der Waals surface area (Å²) < 4.78 is 0. The minimum atomic E-state index is -1.47. The molecule has 0 saturated heterocycles. The van der Waals surface area contributed by atoms with Gasteiger partial charge in [-0.05, 0) is 0 Å². The van der Waals surface area contributed by atoms with Crippen molar-refractivity contribution in [3.05, 3.63) is 35.9 Å². The Kier molecular flexibility index (Phi) is 2.76. The van der Waals surface area contributed by atoms with Crippen LogP contribution in [0, 0.1) is 0 Å². The van der Waals surface area contributed by atoms with E-state index in [4.69, 9.17) is 10.8 Å². The van der Waals surface area contributed by atoms with Crippen LogP contribution in [0.15, 0.2) is 30.3 Å². The normalized spacial score (nSPS) is 12.1. The number of ketones is 1. The van der Waals surface area contributed by atoms with Crippen LogP contribution >= 0.6 is 0 Å². The van der Waals surface area contributed by atoms with Gasteiger partial charge < -0.3 is 10.8 Å². The summed E-state index contributed by atoms with van der Waals surface area (Å²) in [5.74, 6) is -1.89. The Labute approximate surface area is 75.0 Å². The third-order valence-electron chi connectivity index (χ3n) is 1.61. The van der Waals surface area contributed by atoms with Crippen molar-refractivity contribution in [2.24, 2.45) is 5.73 Å². The minimum Gasteiger partial charge on any atom is -0.480 e. The molecule has 1 aromatic carbocycles. The van der Waals surface area contributed by atoms with Crippen LogP contribution in [-0.2, 0) is 4.79 Å². The minimum absolute atomic E-state index is 0.317. The maximum Gasteiger partial charge on any atom is 0.328 e. The molecule has 1 rings (SSSR count). The number of carboxylic acid groups (broad SMARTS) is 1. The Morgan fingerprint density at radius 3 is 2.23 bits per heavy atom. The fourth-order valence-electron chi connectivity index (χ4n) is 0.894. The molecule has 0 saturated carbocycles. The van der Waals surface area contributed by atoms with Crippen LogP contribution in [0.5, 0.6) is 0 Å². The molecule has 0 aliphatic rings. The van der Waals surface area contributed by atoms with E-state index in [9.17, 15) is 9.59 Å². The molecule has 4 heteroatoms. The van der Waals surface area contributed by atoms with Crippen molar-refractivity contribution in [1.82, 2.24) is 0 Å². The number of aliphatic carboxylic acids is 1. The van der Waals surface area contributed by atoms with Gasteiger partial charge in [0.1, 0.15) is 0 Å². The summed E-state index contributed by atoms with van der Waals surface area (Å²) in [6.07, 6.45) is 0. The molecule has 0 heterocycles. The van der Waals surface area contributed by atoms with Crippen molar-refractivity contribution in [3.63, 3.8) is 0 Å². The average Bonchev–Trinajstić information content (AvgIpc) is 2.17. The van der Waals surface area contributed by atoms with E-state index in [0.29, 0.717) is 5.56 Å². The highest BCUT2D eigenvalue weighted by Gasteiger charge is 2.21. The number of hydrogen-bond acceptors (Lipinski definition) is 3. The van der Waals surface area contributed by atoms with Crippen molar-refractivity contribution >= 4 is 11.8 Å². The van der Waals surface area contributed by atoms with Crippen LogP contribution in [0.1, 0.15) is 10.4 Å². The van der Waals surface area contributed by atoms with Gasteiger partial charge in [-0.1, -0.05) is 30.3 Å². The highest BCUT2D eigenvalue weighted by molar-refractivity contribution is 6.11. The van der Waals surface area contributed by atoms with Gasteiger partial charge in [0, 0.05) is 5.56 Å². The van der Waals surface area contributed by atoms with Crippen LogP contribution in [0.2, 0.25) is 0 Å². The third kappa shape index (κ3) is 2.13. The lowest BCUT2D eigenvalue weighted by molar-refractivity contribution is -0.137. The highest BCUT2D eigenvalue weighted by Crippen LogP contribution is 2.01. The summed E-state index contributed by atoms with van der Waals surface area (Å²) in [6, 6.07) is 6.64. The number of benzene rings is 1. The second-order valence-electron chi connectivity index (χ2n) is 2.55. The molecule has 0 spiro atoms. The van der Waals surface area contributed by atoms with Crippen LogP contribution in [-0.4, -0.2) is 22.9 Å². The van der Waals surface area contributed by atoms with Gasteiger partial charge in [-0.15, -0.1) is 0 Å². The van der Waals surface area contributed by atoms with Gasteiger partial charge in [-0.2, -0.15) is 0 Å². The molecule has 0 aliphatic carbocycles. The predicted molar refractivity (Wildman–Crippen MR) is 46.4 cm³/mol. The largest absolute Gasteiger partial charge is 0.480 e. The number of rotatable bonds is 3. The molecule has 68 valence electrons. The molecule has 0 fully saturated rings. The lowest BCUT2D eigenvalue weighted by Gasteiger charge is -2.04. The molecule has 3 N–H and O–H groups in total. The lowest BCUT2D eigenvalue weighted by Crippen LogP contribution is -2.38. The molecule has 0 amide bonds. The van der Waals surface area contributed by atoms with Crippen molar-refractivity contribution < 1.29 is 14.7 Å². The average molecular weight is 179 g/mol. The second kappa shape index (κ2) is 3.82. The molecule has 0 bridgehead atoms. The summed E-state index contributed by atoms with van der Waals surface area (Å²) in [6.45, 7) is 0. The Bertz CT molecular complexity index is 321. The number of carbonyl (C=O) groups is 2. The third-order valence-corrected chi connectivity index (χ3v) is 1.61. The number of carbonyl (C=O) groups excluding carboxylic acids is 1. The summed E-state index contributed by atoms with van der Waals surface area (Å²) in [5, 5.41) is 8.47. The summed E-state index contributed by atoms with van der Waals surface area (Å²) in [7, 11) is 0. The Morgan fingerprint density at radius 1 is 1.23 bits per heavy atom. The van der Waals surface area contributed by atoms with E-state index in [2.05, 4.69) is 0 Å². The van der Waals surface area contributed by atoms with Crippen molar-refractivity contribution in [1.29, 1.82) is 0 Å². The van der Waals surface area contributed by atoms with Crippen molar-refractivity contribution in [2.75, 3.05) is 0 Å². The maximum atomic E-state index is 11.3. The van der Waals surface area contributed by atoms with E-state index < -0.39 is 17.8 Å². The first-order valence-electron chi connectivity index (χ1n) is 3.70. The Morgan fingerprint density at radius 2 is 1.77 bits per heavy atom. The SMILES string of the molecule is NC(C(=O)O)C(=O)c1ccccc1. The summed E-state index contributed by atoms with van der Waals surface area (Å²) >= 11 is 0. The lowest BCUT2D eigenvalue weighted by atomic mass is 10.1. The molecule has 4 nitrogen and oxygen atoms in total. The number of carboxylic acids is 1. The summed E-state index contributed by atoms with van der Waals surface area (Å²) in [4.78, 5) is 21.6. The second-order valence-corrected chi connectivity index (χ2v) is 2.55. The van der Waals surface area contributed by atoms with Gasteiger partial charge in [0.15, 0.2) is 11.8 Å². The number of nitrogens with two attached hydrogens (primary N) is 1. The molecule has 13 heavy (non-hydrogen) atoms. The van der Waals surface area contributed by atoms with Gasteiger partial charge in [0.05, 0.1) is 0 Å². The molecular weight excluding hydrogens is 170 g/mol. The zero-order chi connectivity index (χ0) is 9.84. The molecule has 1 unspecified atom stereocenters. The van der Waals surface area contributed by atoms with E-state index in [1.54, 1.807) is 18.2 Å². The topological polar surface area (TPSA) is 80.4 Å². The molecule has 0 radical (unpaired) electrons. The maximum absolute atomic E-state index is 11.3. The van der Waals surface area contributed by atoms with E-state index in [0.717, 1.165) is 0 Å². The molecule has 1 atom stereocenters. The summed E-state index contributed by atoms with van der Waals surface area (Å²) in [5.41, 5.74) is 5.46. The smallest absolute Gasteiger partial charge is 0.328 e. The Hall–Kier alpha value is -1.68. The number of hydrogen-bond donors (Lipinski definition) is 2. The predicted octanol–water partition coefficient (Wildman–Crippen LogP) is 0.281. The van der Waals surface area contributed by atoms with Crippen molar-refractivity contribution in [3.8, 4) is 0 Å². The first-order chi connectivity index (χ1) is 6.13. The number of Topliss-reactive ketones (excluding diaryl/α,β-unsaturated/α-hetero) is 1. The van der Waals surface area contributed by atoms with Gasteiger partial charge in [0.25, 0.3) is 0 Å². The highest BCUT2D eigenvalue weighted by atomic mass is 16.4. The van der Waals surface area contributed by atoms with Crippen molar-refractivity contribution in [2.45, 2.75) is 6.04 Å². The van der Waals surface area contributed by atoms with Crippen LogP contribution in [0.4, 0.5) is 0 Å². The van der Waals surface area contributed by atoms with Gasteiger partial charge in [0.2, 0.25) is 0 Å². The standard InChI is InChI=1S/C9H9NO3/c10-7(9(12)13)8(11)6-4-2-1-3-5-6/h1-5,7H,10H2,(H,12,13). The van der Waals surface area contributed by atoms with E-state index in [-0.39, 0.29) is 0 Å². The Balaban J connectivity index is 2.86. The van der Waals surface area contributed by atoms with E-state index in [1.807, 2.05) is 0 Å². The van der Waals surface area contributed by atoms with Gasteiger partial charge in [-0.3, -0.25) is 9.59 Å². The molecular formula is C9H9NO3. The quantitative estimate of drug-likeness (QED) is 0.516. The molecule has 0 aromatic heterocycles. The van der Waals surface area contributed by atoms with Gasteiger partial charge in [-0.25, -0.2) is 0 Å². The fraction of sp³-hybridized carbons (Fsp3) is 0.111. The van der Waals surface area contributed by atoms with Crippen LogP contribution in [0.25, 0.3) is 0 Å². The first kappa shape index (κ1) is 9.41. The molecule has 1 aromatic rings. The first-order valence-corrected chi connectivity index (χ1v) is 3.70. The van der Waals surface area contributed by atoms with E-state index in [1.165, 1.54) is 12.1 Å². The zero-order valence-electron chi connectivity index (χ0n) is 6.81. The van der Waals surface area contributed by atoms with E-state index >= 15 is 0 Å². The zero-order valence-corrected chi connectivity index (χ0v) is 6.81. The fourth-order valence-corrected chi connectivity index (χ4v) is 0.894. The monoisotopic (exact) mass is 179 g/mol. The van der Waals surface area contributed by atoms with Gasteiger partial charge >= 0.3 is 5.97 Å². The van der Waals surface area contributed by atoms with Crippen LogP contribution in [0.3, 0.4) is 0 Å². The molecule has 0 aliphatic heterocycles.